The van der Waals surface area contributed by atoms with Crippen molar-refractivity contribution in [2.24, 2.45) is 5.73 Å². The second-order valence-corrected chi connectivity index (χ2v) is 6.96. The van der Waals surface area contributed by atoms with Crippen molar-refractivity contribution in [1.29, 1.82) is 0 Å². The van der Waals surface area contributed by atoms with Gasteiger partial charge in [0, 0.05) is 43.3 Å². The van der Waals surface area contributed by atoms with Crippen LogP contribution in [0.3, 0.4) is 0 Å². The van der Waals surface area contributed by atoms with E-state index in [1.807, 2.05) is 18.2 Å². The first-order valence-corrected chi connectivity index (χ1v) is 9.15. The van der Waals surface area contributed by atoms with Crippen LogP contribution in [0, 0.1) is 0 Å². The second-order valence-electron chi connectivity index (χ2n) is 6.96. The lowest BCUT2D eigenvalue weighted by Gasteiger charge is -2.23. The SMILES string of the molecule is C=CC(=O)Nc1ccc2c(N3CCC(N)C3)nc(N3CCCC3)nc2c1. The summed E-state index contributed by atoms with van der Waals surface area (Å²) in [5.74, 6) is 1.47. The van der Waals surface area contributed by atoms with Crippen LogP contribution >= 0.6 is 0 Å². The Kier molecular flexibility index (Phi) is 4.46. The van der Waals surface area contributed by atoms with Gasteiger partial charge in [0.1, 0.15) is 5.82 Å². The lowest BCUT2D eigenvalue weighted by molar-refractivity contribution is -0.111. The molecule has 1 aromatic carbocycles. The van der Waals surface area contributed by atoms with E-state index < -0.39 is 0 Å². The minimum Gasteiger partial charge on any atom is -0.354 e. The molecule has 26 heavy (non-hydrogen) atoms. The fraction of sp³-hybridized carbons (Fsp3) is 0.421. The number of rotatable bonds is 4. The fourth-order valence-electron chi connectivity index (χ4n) is 3.65. The monoisotopic (exact) mass is 352 g/mol. The fourth-order valence-corrected chi connectivity index (χ4v) is 3.65. The number of nitrogens with one attached hydrogen (secondary N) is 1. The van der Waals surface area contributed by atoms with Crippen molar-refractivity contribution in [3.05, 3.63) is 30.9 Å². The highest BCUT2D eigenvalue weighted by atomic mass is 16.1. The van der Waals surface area contributed by atoms with Crippen LogP contribution in [-0.2, 0) is 4.79 Å². The third kappa shape index (κ3) is 3.22. The molecule has 2 aliphatic rings. The first kappa shape index (κ1) is 16.8. The maximum absolute atomic E-state index is 11.6. The number of fused-ring (bicyclic) bond motifs is 1. The molecule has 1 unspecified atom stereocenters. The van der Waals surface area contributed by atoms with Gasteiger partial charge in [-0.1, -0.05) is 6.58 Å². The summed E-state index contributed by atoms with van der Waals surface area (Å²) in [7, 11) is 0. The summed E-state index contributed by atoms with van der Waals surface area (Å²) < 4.78 is 0. The summed E-state index contributed by atoms with van der Waals surface area (Å²) in [5, 5.41) is 3.79. The van der Waals surface area contributed by atoms with Crippen molar-refractivity contribution in [2.75, 3.05) is 41.3 Å². The molecule has 0 radical (unpaired) electrons. The van der Waals surface area contributed by atoms with Gasteiger partial charge in [-0.2, -0.15) is 4.98 Å². The standard InChI is InChI=1S/C19H24N6O/c1-2-17(26)21-14-5-6-15-16(11-14)22-19(24-8-3-4-9-24)23-18(15)25-10-7-13(20)12-25/h2,5-6,11,13H,1,3-4,7-10,12,20H2,(H,21,26). The molecular weight excluding hydrogens is 328 g/mol. The Morgan fingerprint density at radius 1 is 1.23 bits per heavy atom. The first-order valence-electron chi connectivity index (χ1n) is 9.15. The lowest BCUT2D eigenvalue weighted by Crippen LogP contribution is -2.28. The van der Waals surface area contributed by atoms with Crippen LogP contribution in [0.1, 0.15) is 19.3 Å². The normalized spacial score (nSPS) is 20.0. The van der Waals surface area contributed by atoms with Gasteiger partial charge >= 0.3 is 0 Å². The van der Waals surface area contributed by atoms with Crippen molar-refractivity contribution >= 4 is 34.3 Å². The lowest BCUT2D eigenvalue weighted by atomic mass is 10.2. The average Bonchev–Trinajstić information content (AvgIpc) is 3.32. The second kappa shape index (κ2) is 6.92. The van der Waals surface area contributed by atoms with E-state index in [0.717, 1.165) is 55.3 Å². The molecule has 2 saturated heterocycles. The maximum Gasteiger partial charge on any atom is 0.247 e. The zero-order valence-corrected chi connectivity index (χ0v) is 14.8. The predicted octanol–water partition coefficient (Wildman–Crippen LogP) is 1.89. The van der Waals surface area contributed by atoms with Crippen LogP contribution in [0.15, 0.2) is 30.9 Å². The van der Waals surface area contributed by atoms with Crippen molar-refractivity contribution < 1.29 is 4.79 Å². The summed E-state index contributed by atoms with van der Waals surface area (Å²) >= 11 is 0. The van der Waals surface area contributed by atoms with E-state index in [0.29, 0.717) is 5.69 Å². The number of amides is 1. The summed E-state index contributed by atoms with van der Waals surface area (Å²) in [6.07, 6.45) is 4.57. The van der Waals surface area contributed by atoms with E-state index in [4.69, 9.17) is 15.7 Å². The van der Waals surface area contributed by atoms with Crippen molar-refractivity contribution in [2.45, 2.75) is 25.3 Å². The van der Waals surface area contributed by atoms with Gasteiger partial charge < -0.3 is 20.9 Å². The molecule has 4 rings (SSSR count). The van der Waals surface area contributed by atoms with E-state index in [1.165, 1.54) is 18.9 Å². The Hall–Kier alpha value is -2.67. The van der Waals surface area contributed by atoms with Gasteiger partial charge in [-0.05, 0) is 43.5 Å². The molecule has 3 N–H and O–H groups in total. The molecular formula is C19H24N6O. The largest absolute Gasteiger partial charge is 0.354 e. The minimum absolute atomic E-state index is 0.182. The molecule has 1 aromatic heterocycles. The smallest absolute Gasteiger partial charge is 0.247 e. The molecule has 7 heteroatoms. The Labute approximate surface area is 152 Å². The number of aromatic nitrogens is 2. The number of hydrogen-bond acceptors (Lipinski definition) is 6. The molecule has 2 aliphatic heterocycles. The van der Waals surface area contributed by atoms with Crippen LogP contribution in [0.2, 0.25) is 0 Å². The van der Waals surface area contributed by atoms with E-state index in [2.05, 4.69) is 21.7 Å². The Morgan fingerprint density at radius 3 is 2.73 bits per heavy atom. The van der Waals surface area contributed by atoms with Crippen LogP contribution in [0.25, 0.3) is 10.9 Å². The van der Waals surface area contributed by atoms with Crippen molar-refractivity contribution in [3.8, 4) is 0 Å². The number of carbonyl (C=O) groups is 1. The van der Waals surface area contributed by atoms with Gasteiger partial charge in [0.2, 0.25) is 11.9 Å². The molecule has 7 nitrogen and oxygen atoms in total. The molecule has 136 valence electrons. The van der Waals surface area contributed by atoms with Gasteiger partial charge in [-0.25, -0.2) is 4.98 Å². The summed E-state index contributed by atoms with van der Waals surface area (Å²) in [6.45, 7) is 7.17. The van der Waals surface area contributed by atoms with Crippen LogP contribution in [-0.4, -0.2) is 48.1 Å². The number of carbonyl (C=O) groups excluding carboxylic acids is 1. The zero-order valence-electron chi connectivity index (χ0n) is 14.8. The van der Waals surface area contributed by atoms with Gasteiger partial charge in [-0.3, -0.25) is 4.79 Å². The third-order valence-electron chi connectivity index (χ3n) is 5.03. The topological polar surface area (TPSA) is 87.4 Å². The molecule has 1 amide bonds. The summed E-state index contributed by atoms with van der Waals surface area (Å²) in [4.78, 5) is 25.8. The Bertz CT molecular complexity index is 845. The minimum atomic E-state index is -0.232. The number of nitrogens with zero attached hydrogens (tertiary/aromatic N) is 4. The number of anilines is 3. The van der Waals surface area contributed by atoms with Crippen LogP contribution in [0.5, 0.6) is 0 Å². The van der Waals surface area contributed by atoms with Gasteiger partial charge in [0.25, 0.3) is 0 Å². The highest BCUT2D eigenvalue weighted by Gasteiger charge is 2.25. The summed E-state index contributed by atoms with van der Waals surface area (Å²) in [6, 6.07) is 5.93. The molecule has 0 saturated carbocycles. The van der Waals surface area contributed by atoms with E-state index in [-0.39, 0.29) is 11.9 Å². The quantitative estimate of drug-likeness (QED) is 0.817. The summed E-state index contributed by atoms with van der Waals surface area (Å²) in [5.41, 5.74) is 7.65. The Morgan fingerprint density at radius 2 is 2.04 bits per heavy atom. The van der Waals surface area contributed by atoms with E-state index in [1.54, 1.807) is 0 Å². The molecule has 1 atom stereocenters. The van der Waals surface area contributed by atoms with Gasteiger partial charge in [0.05, 0.1) is 5.52 Å². The number of benzene rings is 1. The van der Waals surface area contributed by atoms with Crippen molar-refractivity contribution in [1.82, 2.24) is 9.97 Å². The number of nitrogens with two attached hydrogens (primary N) is 1. The highest BCUT2D eigenvalue weighted by molar-refractivity contribution is 6.01. The highest BCUT2D eigenvalue weighted by Crippen LogP contribution is 2.31. The average molecular weight is 352 g/mol. The predicted molar refractivity (Wildman–Crippen MR) is 105 cm³/mol. The van der Waals surface area contributed by atoms with Crippen LogP contribution < -0.4 is 20.9 Å². The molecule has 2 fully saturated rings. The molecule has 0 bridgehead atoms. The van der Waals surface area contributed by atoms with E-state index in [9.17, 15) is 4.79 Å². The molecule has 3 heterocycles. The molecule has 0 spiro atoms. The van der Waals surface area contributed by atoms with Gasteiger partial charge in [0.15, 0.2) is 0 Å². The molecule has 2 aromatic rings. The van der Waals surface area contributed by atoms with Gasteiger partial charge in [-0.15, -0.1) is 0 Å². The van der Waals surface area contributed by atoms with Crippen LogP contribution in [0.4, 0.5) is 17.5 Å². The Balaban J connectivity index is 1.79. The zero-order chi connectivity index (χ0) is 18.1. The number of hydrogen-bond donors (Lipinski definition) is 2. The maximum atomic E-state index is 11.6. The van der Waals surface area contributed by atoms with Crippen molar-refractivity contribution in [3.63, 3.8) is 0 Å². The van der Waals surface area contributed by atoms with E-state index >= 15 is 0 Å². The first-order chi connectivity index (χ1) is 12.6. The third-order valence-corrected chi connectivity index (χ3v) is 5.03. The molecule has 0 aliphatic carbocycles.